The molecule has 0 atom stereocenters. The first-order valence-electron chi connectivity index (χ1n) is 11.1. The zero-order chi connectivity index (χ0) is 22.8. The minimum absolute atomic E-state index is 0.0722. The van der Waals surface area contributed by atoms with Crippen molar-refractivity contribution in [3.63, 3.8) is 0 Å². The molecule has 7 heteroatoms. The Morgan fingerprint density at radius 3 is 2.24 bits per heavy atom. The van der Waals surface area contributed by atoms with E-state index in [-0.39, 0.29) is 23.6 Å². The normalized spacial score (nSPS) is 14.5. The van der Waals surface area contributed by atoms with Crippen LogP contribution in [0, 0.1) is 11.6 Å². The van der Waals surface area contributed by atoms with Gasteiger partial charge in [0.2, 0.25) is 5.95 Å². The van der Waals surface area contributed by atoms with Gasteiger partial charge >= 0.3 is 0 Å². The molecule has 0 spiro atoms. The monoisotopic (exact) mass is 446 g/mol. The van der Waals surface area contributed by atoms with E-state index in [9.17, 15) is 13.6 Å². The average molecular weight is 447 g/mol. The van der Waals surface area contributed by atoms with Crippen molar-refractivity contribution in [3.05, 3.63) is 95.6 Å². The number of likely N-dealkylation sites (tertiary alicyclic amines) is 1. The fourth-order valence-corrected chi connectivity index (χ4v) is 4.30. The lowest BCUT2D eigenvalue weighted by Gasteiger charge is -2.32. The fourth-order valence-electron chi connectivity index (χ4n) is 4.30. The number of hydrogen-bond acceptors (Lipinski definition) is 3. The van der Waals surface area contributed by atoms with Gasteiger partial charge < -0.3 is 14.8 Å². The van der Waals surface area contributed by atoms with E-state index in [1.165, 1.54) is 36.4 Å². The minimum Gasteiger partial charge on any atom is -0.353 e. The predicted molar refractivity (Wildman–Crippen MR) is 124 cm³/mol. The summed E-state index contributed by atoms with van der Waals surface area (Å²) in [5, 5.41) is 3.57. The second kappa shape index (κ2) is 9.02. The molecule has 5 nitrogen and oxygen atoms in total. The first-order valence-corrected chi connectivity index (χ1v) is 11.1. The minimum atomic E-state index is -0.349. The second-order valence-electron chi connectivity index (χ2n) is 8.35. The number of fused-ring (bicyclic) bond motifs is 1. The Kier molecular flexibility index (Phi) is 5.77. The molecule has 0 bridgehead atoms. The van der Waals surface area contributed by atoms with Gasteiger partial charge in [-0.05, 0) is 66.9 Å². The average Bonchev–Trinajstić information content (AvgIpc) is 3.18. The number of piperidine rings is 1. The maximum absolute atomic E-state index is 13.3. The highest BCUT2D eigenvalue weighted by atomic mass is 19.1. The van der Waals surface area contributed by atoms with Crippen LogP contribution in [0.5, 0.6) is 0 Å². The number of aromatic nitrogens is 2. The molecule has 1 aliphatic rings. The van der Waals surface area contributed by atoms with E-state index in [1.807, 2.05) is 29.2 Å². The highest BCUT2D eigenvalue weighted by Crippen LogP contribution is 2.24. The topological polar surface area (TPSA) is 50.2 Å². The van der Waals surface area contributed by atoms with Crippen molar-refractivity contribution >= 4 is 22.9 Å². The Bertz CT molecular complexity index is 1260. The summed E-state index contributed by atoms with van der Waals surface area (Å²) in [6.45, 7) is 1.81. The van der Waals surface area contributed by atoms with Crippen LogP contribution in [0.2, 0.25) is 0 Å². The SMILES string of the molecule is O=C(c1ccc(F)cc1)N1CCC(Nc2nc3ccccc3n2Cc2ccc(F)cc2)CC1. The third kappa shape index (κ3) is 4.58. The van der Waals surface area contributed by atoms with E-state index in [0.29, 0.717) is 25.2 Å². The number of carbonyl (C=O) groups excluding carboxylic acids is 1. The summed E-state index contributed by atoms with van der Waals surface area (Å²) < 4.78 is 28.6. The number of nitrogens with one attached hydrogen (secondary N) is 1. The molecule has 1 aromatic heterocycles. The molecule has 0 aliphatic carbocycles. The van der Waals surface area contributed by atoms with E-state index < -0.39 is 0 Å². The van der Waals surface area contributed by atoms with Crippen molar-refractivity contribution in [3.8, 4) is 0 Å². The van der Waals surface area contributed by atoms with Gasteiger partial charge in [-0.2, -0.15) is 0 Å². The Morgan fingerprint density at radius 1 is 0.909 bits per heavy atom. The lowest BCUT2D eigenvalue weighted by molar-refractivity contribution is 0.0718. The molecule has 5 rings (SSSR count). The number of halogens is 2. The highest BCUT2D eigenvalue weighted by Gasteiger charge is 2.25. The molecule has 1 fully saturated rings. The molecule has 4 aromatic rings. The number of amides is 1. The molecule has 0 saturated carbocycles. The van der Waals surface area contributed by atoms with Gasteiger partial charge in [0.05, 0.1) is 17.6 Å². The maximum Gasteiger partial charge on any atom is 0.253 e. The second-order valence-corrected chi connectivity index (χ2v) is 8.35. The van der Waals surface area contributed by atoms with Crippen LogP contribution >= 0.6 is 0 Å². The summed E-state index contributed by atoms with van der Waals surface area (Å²) in [7, 11) is 0. The molecular formula is C26H24F2N4O. The van der Waals surface area contributed by atoms with E-state index in [2.05, 4.69) is 9.88 Å². The van der Waals surface area contributed by atoms with Crippen molar-refractivity contribution in [1.29, 1.82) is 0 Å². The van der Waals surface area contributed by atoms with Crippen molar-refractivity contribution in [2.75, 3.05) is 18.4 Å². The summed E-state index contributed by atoms with van der Waals surface area (Å²) in [5.74, 6) is 0.0911. The zero-order valence-corrected chi connectivity index (χ0v) is 18.0. The third-order valence-electron chi connectivity index (χ3n) is 6.12. The molecule has 2 heterocycles. The van der Waals surface area contributed by atoms with Crippen LogP contribution in [-0.4, -0.2) is 39.5 Å². The van der Waals surface area contributed by atoms with Crippen LogP contribution in [0.3, 0.4) is 0 Å². The van der Waals surface area contributed by atoms with Gasteiger partial charge in [-0.1, -0.05) is 24.3 Å². The molecule has 3 aromatic carbocycles. The van der Waals surface area contributed by atoms with E-state index in [0.717, 1.165) is 35.4 Å². The predicted octanol–water partition coefficient (Wildman–Crippen LogP) is 5.08. The van der Waals surface area contributed by atoms with E-state index >= 15 is 0 Å². The van der Waals surface area contributed by atoms with Crippen LogP contribution in [0.15, 0.2) is 72.8 Å². The highest BCUT2D eigenvalue weighted by molar-refractivity contribution is 5.94. The van der Waals surface area contributed by atoms with Crippen LogP contribution in [0.25, 0.3) is 11.0 Å². The largest absolute Gasteiger partial charge is 0.353 e. The van der Waals surface area contributed by atoms with Gasteiger partial charge in [-0.25, -0.2) is 13.8 Å². The molecular weight excluding hydrogens is 422 g/mol. The number of carbonyl (C=O) groups is 1. The van der Waals surface area contributed by atoms with Crippen molar-refractivity contribution in [1.82, 2.24) is 14.5 Å². The fraction of sp³-hybridized carbons (Fsp3) is 0.231. The lowest BCUT2D eigenvalue weighted by atomic mass is 10.0. The van der Waals surface area contributed by atoms with Gasteiger partial charge in [-0.15, -0.1) is 0 Å². The lowest BCUT2D eigenvalue weighted by Crippen LogP contribution is -2.42. The summed E-state index contributed by atoms with van der Waals surface area (Å²) in [6, 6.07) is 20.3. The molecule has 0 radical (unpaired) electrons. The Balaban J connectivity index is 1.30. The van der Waals surface area contributed by atoms with Gasteiger partial charge in [-0.3, -0.25) is 4.79 Å². The number of nitrogens with zero attached hydrogens (tertiary/aromatic N) is 3. The molecule has 0 unspecified atom stereocenters. The molecule has 33 heavy (non-hydrogen) atoms. The van der Waals surface area contributed by atoms with Gasteiger partial charge in [0.25, 0.3) is 5.91 Å². The van der Waals surface area contributed by atoms with Gasteiger partial charge in [0.15, 0.2) is 0 Å². The number of imidazole rings is 1. The molecule has 1 N–H and O–H groups in total. The number of benzene rings is 3. The number of anilines is 1. The molecule has 1 aliphatic heterocycles. The van der Waals surface area contributed by atoms with Crippen molar-refractivity contribution in [2.24, 2.45) is 0 Å². The molecule has 1 amide bonds. The summed E-state index contributed by atoms with van der Waals surface area (Å²) in [5.41, 5.74) is 3.39. The summed E-state index contributed by atoms with van der Waals surface area (Å²) in [6.07, 6.45) is 1.57. The van der Waals surface area contributed by atoms with Crippen LogP contribution in [0.1, 0.15) is 28.8 Å². The van der Waals surface area contributed by atoms with Crippen LogP contribution < -0.4 is 5.32 Å². The first kappa shape index (κ1) is 21.1. The van der Waals surface area contributed by atoms with E-state index in [1.54, 1.807) is 12.1 Å². The standard InChI is InChI=1S/C26H24F2N4O/c27-20-9-5-18(6-10-20)17-32-24-4-2-1-3-23(24)30-26(32)29-22-13-15-31(16-14-22)25(33)19-7-11-21(28)12-8-19/h1-12,22H,13-17H2,(H,29,30). The van der Waals surface area contributed by atoms with Crippen molar-refractivity contribution < 1.29 is 13.6 Å². The zero-order valence-electron chi connectivity index (χ0n) is 18.0. The smallest absolute Gasteiger partial charge is 0.253 e. The maximum atomic E-state index is 13.3. The molecule has 1 saturated heterocycles. The number of rotatable bonds is 5. The van der Waals surface area contributed by atoms with Crippen LogP contribution in [-0.2, 0) is 6.54 Å². The number of hydrogen-bond donors (Lipinski definition) is 1. The molecule has 168 valence electrons. The Morgan fingerprint density at radius 2 is 1.55 bits per heavy atom. The van der Waals surface area contributed by atoms with Crippen LogP contribution in [0.4, 0.5) is 14.7 Å². The first-order chi connectivity index (χ1) is 16.1. The number of para-hydroxylation sites is 2. The van der Waals surface area contributed by atoms with Crippen molar-refractivity contribution in [2.45, 2.75) is 25.4 Å². The summed E-state index contributed by atoms with van der Waals surface area (Å²) >= 11 is 0. The Hall–Kier alpha value is -3.74. The Labute approximate surface area is 190 Å². The van der Waals surface area contributed by atoms with E-state index in [4.69, 9.17) is 4.98 Å². The quantitative estimate of drug-likeness (QED) is 0.465. The van der Waals surface area contributed by atoms with Gasteiger partial charge in [0, 0.05) is 24.7 Å². The summed E-state index contributed by atoms with van der Waals surface area (Å²) in [4.78, 5) is 19.3. The van der Waals surface area contributed by atoms with Gasteiger partial charge in [0.1, 0.15) is 11.6 Å². The third-order valence-corrected chi connectivity index (χ3v) is 6.12.